The van der Waals surface area contributed by atoms with Gasteiger partial charge in [-0.05, 0) is 32.4 Å². The van der Waals surface area contributed by atoms with E-state index < -0.39 is 11.7 Å². The molecule has 0 aliphatic heterocycles. The van der Waals surface area contributed by atoms with E-state index in [1.807, 2.05) is 0 Å². The molecule has 1 aromatic rings. The summed E-state index contributed by atoms with van der Waals surface area (Å²) in [6, 6.07) is 5.27. The van der Waals surface area contributed by atoms with Gasteiger partial charge in [-0.3, -0.25) is 5.32 Å². The van der Waals surface area contributed by atoms with E-state index in [4.69, 9.17) is 27.9 Å². The normalized spacial score (nSPS) is 11.1. The summed E-state index contributed by atoms with van der Waals surface area (Å²) >= 11 is 11.8. The molecule has 0 spiro atoms. The second kappa shape index (κ2) is 5.61. The van der Waals surface area contributed by atoms with Gasteiger partial charge >= 0.3 is 6.09 Å². The molecule has 3 nitrogen and oxygen atoms in total. The number of anilines is 1. The number of nitrogens with one attached hydrogen (secondary N) is 1. The topological polar surface area (TPSA) is 38.3 Å². The Morgan fingerprint density at radius 3 is 2.59 bits per heavy atom. The lowest BCUT2D eigenvalue weighted by Gasteiger charge is -2.20. The molecule has 0 aromatic heterocycles. The SMILES string of the molecule is CC(C)(C)OC(=O)Nc1cccc(CCl)c1Cl. The van der Waals surface area contributed by atoms with Crippen molar-refractivity contribution in [1.82, 2.24) is 0 Å². The van der Waals surface area contributed by atoms with Crippen molar-refractivity contribution in [3.63, 3.8) is 0 Å². The smallest absolute Gasteiger partial charge is 0.412 e. The summed E-state index contributed by atoms with van der Waals surface area (Å²) in [5.41, 5.74) is 0.724. The zero-order chi connectivity index (χ0) is 13.1. The first-order valence-corrected chi connectivity index (χ1v) is 6.08. The highest BCUT2D eigenvalue weighted by Crippen LogP contribution is 2.27. The molecule has 0 saturated carbocycles. The van der Waals surface area contributed by atoms with E-state index in [2.05, 4.69) is 5.32 Å². The predicted molar refractivity (Wildman–Crippen MR) is 70.9 cm³/mol. The van der Waals surface area contributed by atoms with Crippen LogP contribution in [0.25, 0.3) is 0 Å². The van der Waals surface area contributed by atoms with Gasteiger partial charge in [-0.1, -0.05) is 23.7 Å². The zero-order valence-corrected chi connectivity index (χ0v) is 11.5. The number of halogens is 2. The summed E-state index contributed by atoms with van der Waals surface area (Å²) < 4.78 is 5.13. The van der Waals surface area contributed by atoms with Crippen molar-refractivity contribution in [2.75, 3.05) is 5.32 Å². The zero-order valence-electron chi connectivity index (χ0n) is 10.0. The molecule has 0 aliphatic carbocycles. The first-order valence-electron chi connectivity index (χ1n) is 5.17. The van der Waals surface area contributed by atoms with E-state index in [1.165, 1.54) is 0 Å². The van der Waals surface area contributed by atoms with Crippen molar-refractivity contribution in [2.24, 2.45) is 0 Å². The molecule has 1 amide bonds. The van der Waals surface area contributed by atoms with Crippen LogP contribution in [0, 0.1) is 0 Å². The maximum absolute atomic E-state index is 11.6. The van der Waals surface area contributed by atoms with Crippen LogP contribution >= 0.6 is 23.2 Å². The summed E-state index contributed by atoms with van der Waals surface area (Å²) in [7, 11) is 0. The van der Waals surface area contributed by atoms with Crippen molar-refractivity contribution in [1.29, 1.82) is 0 Å². The van der Waals surface area contributed by atoms with Crippen LogP contribution in [0.3, 0.4) is 0 Å². The van der Waals surface area contributed by atoms with Crippen molar-refractivity contribution in [2.45, 2.75) is 32.3 Å². The van der Waals surface area contributed by atoms with Gasteiger partial charge in [0.05, 0.1) is 10.7 Å². The lowest BCUT2D eigenvalue weighted by atomic mass is 10.2. The standard InChI is InChI=1S/C12H15Cl2NO2/c1-12(2,3)17-11(16)15-9-6-4-5-8(7-13)10(9)14/h4-6H,7H2,1-3H3,(H,15,16). The Balaban J connectivity index is 2.79. The number of carbonyl (C=O) groups is 1. The molecule has 0 heterocycles. The van der Waals surface area contributed by atoms with Crippen LogP contribution in [0.5, 0.6) is 0 Å². The number of benzene rings is 1. The van der Waals surface area contributed by atoms with E-state index in [-0.39, 0.29) is 0 Å². The number of carbonyl (C=O) groups excluding carboxylic acids is 1. The van der Waals surface area contributed by atoms with Crippen LogP contribution in [0.15, 0.2) is 18.2 Å². The molecular formula is C12H15Cl2NO2. The summed E-state index contributed by atoms with van der Waals surface area (Å²) in [6.45, 7) is 5.39. The number of alkyl halides is 1. The van der Waals surface area contributed by atoms with Gasteiger partial charge in [0, 0.05) is 5.88 Å². The lowest BCUT2D eigenvalue weighted by molar-refractivity contribution is 0.0636. The fourth-order valence-corrected chi connectivity index (χ4v) is 1.72. The van der Waals surface area contributed by atoms with E-state index in [0.717, 1.165) is 5.56 Å². The molecule has 0 aliphatic rings. The fourth-order valence-electron chi connectivity index (χ4n) is 1.19. The summed E-state index contributed by atoms with van der Waals surface area (Å²) in [5, 5.41) is 3.03. The summed E-state index contributed by atoms with van der Waals surface area (Å²) in [5.74, 6) is 0.294. The number of rotatable bonds is 2. The minimum Gasteiger partial charge on any atom is -0.444 e. The minimum atomic E-state index is -0.541. The second-order valence-electron chi connectivity index (χ2n) is 4.54. The molecule has 5 heteroatoms. The van der Waals surface area contributed by atoms with Gasteiger partial charge in [0.15, 0.2) is 0 Å². The van der Waals surface area contributed by atoms with Gasteiger partial charge in [-0.2, -0.15) is 0 Å². The third kappa shape index (κ3) is 4.44. The van der Waals surface area contributed by atoms with Crippen molar-refractivity contribution in [3.05, 3.63) is 28.8 Å². The van der Waals surface area contributed by atoms with Crippen molar-refractivity contribution in [3.8, 4) is 0 Å². The third-order valence-corrected chi connectivity index (χ3v) is 2.59. The van der Waals surface area contributed by atoms with Gasteiger partial charge in [0.1, 0.15) is 5.60 Å². The summed E-state index contributed by atoms with van der Waals surface area (Å²) in [4.78, 5) is 11.6. The van der Waals surface area contributed by atoms with Crippen LogP contribution in [0.2, 0.25) is 5.02 Å². The van der Waals surface area contributed by atoms with Gasteiger partial charge in [-0.25, -0.2) is 4.79 Å². The average molecular weight is 276 g/mol. The molecular weight excluding hydrogens is 261 g/mol. The fraction of sp³-hybridized carbons (Fsp3) is 0.417. The number of hydrogen-bond acceptors (Lipinski definition) is 2. The molecule has 1 aromatic carbocycles. The Bertz CT molecular complexity index is 413. The van der Waals surface area contributed by atoms with E-state index >= 15 is 0 Å². The highest BCUT2D eigenvalue weighted by molar-refractivity contribution is 6.35. The molecule has 1 rings (SSSR count). The van der Waals surface area contributed by atoms with Crippen molar-refractivity contribution < 1.29 is 9.53 Å². The number of amides is 1. The first kappa shape index (κ1) is 14.1. The van der Waals surface area contributed by atoms with Gasteiger partial charge in [0.2, 0.25) is 0 Å². The molecule has 1 N–H and O–H groups in total. The Kier molecular flexibility index (Phi) is 4.66. The molecule has 0 unspecified atom stereocenters. The third-order valence-electron chi connectivity index (χ3n) is 1.86. The quantitative estimate of drug-likeness (QED) is 0.812. The average Bonchev–Trinajstić information content (AvgIpc) is 2.18. The maximum atomic E-state index is 11.6. The second-order valence-corrected chi connectivity index (χ2v) is 5.18. The van der Waals surface area contributed by atoms with Crippen molar-refractivity contribution >= 4 is 35.0 Å². The Hall–Kier alpha value is -0.930. The molecule has 0 saturated heterocycles. The number of ether oxygens (including phenoxy) is 1. The molecule has 0 atom stereocenters. The van der Waals surface area contributed by atoms with Crippen LogP contribution in [0.4, 0.5) is 10.5 Å². The summed E-state index contributed by atoms with van der Waals surface area (Å²) in [6.07, 6.45) is -0.536. The minimum absolute atomic E-state index is 0.294. The highest BCUT2D eigenvalue weighted by Gasteiger charge is 2.17. The van der Waals surface area contributed by atoms with Crippen LogP contribution < -0.4 is 5.32 Å². The monoisotopic (exact) mass is 275 g/mol. The van der Waals surface area contributed by atoms with E-state index in [0.29, 0.717) is 16.6 Å². The first-order chi connectivity index (χ1) is 7.83. The largest absolute Gasteiger partial charge is 0.444 e. The maximum Gasteiger partial charge on any atom is 0.412 e. The van der Waals surface area contributed by atoms with E-state index in [1.54, 1.807) is 39.0 Å². The molecule has 0 bridgehead atoms. The highest BCUT2D eigenvalue weighted by atomic mass is 35.5. The van der Waals surface area contributed by atoms with Crippen LogP contribution in [0.1, 0.15) is 26.3 Å². The Morgan fingerprint density at radius 2 is 2.06 bits per heavy atom. The van der Waals surface area contributed by atoms with E-state index in [9.17, 15) is 4.79 Å². The Morgan fingerprint density at radius 1 is 1.41 bits per heavy atom. The molecule has 0 radical (unpaired) electrons. The molecule has 0 fully saturated rings. The lowest BCUT2D eigenvalue weighted by Crippen LogP contribution is -2.27. The number of hydrogen-bond donors (Lipinski definition) is 1. The van der Waals surface area contributed by atoms with Gasteiger partial charge in [0.25, 0.3) is 0 Å². The molecule has 17 heavy (non-hydrogen) atoms. The van der Waals surface area contributed by atoms with Gasteiger partial charge < -0.3 is 4.74 Å². The Labute approximate surface area is 111 Å². The van der Waals surface area contributed by atoms with Crippen LogP contribution in [-0.4, -0.2) is 11.7 Å². The van der Waals surface area contributed by atoms with Gasteiger partial charge in [-0.15, -0.1) is 11.6 Å². The van der Waals surface area contributed by atoms with Crippen LogP contribution in [-0.2, 0) is 10.6 Å². The molecule has 94 valence electrons. The predicted octanol–water partition coefficient (Wildman–Crippen LogP) is 4.43.